The summed E-state index contributed by atoms with van der Waals surface area (Å²) in [5.41, 5.74) is 2.31. The van der Waals surface area contributed by atoms with Gasteiger partial charge in [0.05, 0.1) is 11.9 Å². The van der Waals surface area contributed by atoms with Crippen LogP contribution in [-0.2, 0) is 5.41 Å². The lowest BCUT2D eigenvalue weighted by atomic mass is 9.64. The highest BCUT2D eigenvalue weighted by Gasteiger charge is 2.46. The molecule has 0 unspecified atom stereocenters. The number of nitrogens with zero attached hydrogens (tertiary/aromatic N) is 2. The zero-order chi connectivity index (χ0) is 14.3. The van der Waals surface area contributed by atoms with Gasteiger partial charge in [-0.15, -0.1) is 0 Å². The zero-order valence-corrected chi connectivity index (χ0v) is 12.5. The van der Waals surface area contributed by atoms with Crippen molar-refractivity contribution in [1.82, 2.24) is 4.90 Å². The molecule has 0 bridgehead atoms. The number of fused-ring (bicyclic) bond motifs is 1. The van der Waals surface area contributed by atoms with Gasteiger partial charge < -0.3 is 4.90 Å². The molecule has 1 heterocycles. The first-order valence-corrected chi connectivity index (χ1v) is 6.80. The summed E-state index contributed by atoms with van der Waals surface area (Å²) in [7, 11) is 1.89. The maximum Gasteiger partial charge on any atom is 0.136 e. The van der Waals surface area contributed by atoms with Crippen LogP contribution in [-0.4, -0.2) is 29.7 Å². The molecule has 1 atom stereocenters. The minimum atomic E-state index is -0.145. The minimum Gasteiger partial charge on any atom is -0.321 e. The minimum absolute atomic E-state index is 0.00922. The highest BCUT2D eigenvalue weighted by atomic mass is 15.2. The van der Waals surface area contributed by atoms with Gasteiger partial charge in [0.2, 0.25) is 0 Å². The zero-order valence-electron chi connectivity index (χ0n) is 12.5. The molecule has 0 saturated heterocycles. The number of hydrogen-bond acceptors (Lipinski definition) is 2. The van der Waals surface area contributed by atoms with Crippen molar-refractivity contribution in [2.45, 2.75) is 45.1 Å². The van der Waals surface area contributed by atoms with Gasteiger partial charge in [-0.3, -0.25) is 10.4 Å². The van der Waals surface area contributed by atoms with E-state index >= 15 is 0 Å². The van der Waals surface area contributed by atoms with E-state index in [0.717, 1.165) is 17.8 Å². The summed E-state index contributed by atoms with van der Waals surface area (Å²) in [5.74, 6) is 0.897. The van der Waals surface area contributed by atoms with Gasteiger partial charge in [0.25, 0.3) is 0 Å². The maximum absolute atomic E-state index is 7.49. The molecule has 19 heavy (non-hydrogen) atoms. The summed E-state index contributed by atoms with van der Waals surface area (Å²) < 4.78 is 0. The van der Waals surface area contributed by atoms with E-state index in [1.54, 1.807) is 4.90 Å². The first-order valence-electron chi connectivity index (χ1n) is 6.80. The molecule has 0 aromatic heterocycles. The summed E-state index contributed by atoms with van der Waals surface area (Å²) in [6, 6.07) is 8.42. The lowest BCUT2D eigenvalue weighted by Crippen LogP contribution is -2.50. The van der Waals surface area contributed by atoms with Gasteiger partial charge in [0.15, 0.2) is 0 Å². The van der Waals surface area contributed by atoms with Crippen LogP contribution in [0, 0.1) is 5.41 Å². The molecule has 0 aliphatic carbocycles. The van der Waals surface area contributed by atoms with Gasteiger partial charge >= 0.3 is 0 Å². The Morgan fingerprint density at radius 3 is 2.47 bits per heavy atom. The van der Waals surface area contributed by atoms with Crippen molar-refractivity contribution in [2.75, 3.05) is 7.05 Å². The van der Waals surface area contributed by atoms with Crippen molar-refractivity contribution in [3.05, 3.63) is 35.4 Å². The third kappa shape index (κ3) is 1.88. The van der Waals surface area contributed by atoms with Crippen LogP contribution < -0.4 is 0 Å². The SMILES string of the molecule is CC[C@@]1(C)N=C(N(C)C=N)c2ccccc2C1(C)C. The Morgan fingerprint density at radius 1 is 1.26 bits per heavy atom. The van der Waals surface area contributed by atoms with Gasteiger partial charge in [-0.25, -0.2) is 0 Å². The van der Waals surface area contributed by atoms with Gasteiger partial charge in [-0.1, -0.05) is 45.0 Å². The number of hydrogen-bond donors (Lipinski definition) is 1. The molecule has 1 aromatic carbocycles. The number of benzene rings is 1. The van der Waals surface area contributed by atoms with Crippen molar-refractivity contribution in [2.24, 2.45) is 4.99 Å². The normalized spacial score (nSPS) is 24.4. The second kappa shape index (κ2) is 4.48. The molecular formula is C16H23N3. The first kappa shape index (κ1) is 13.8. The fourth-order valence-corrected chi connectivity index (χ4v) is 2.80. The Kier molecular flexibility index (Phi) is 3.25. The Hall–Kier alpha value is -1.64. The van der Waals surface area contributed by atoms with Gasteiger partial charge in [-0.2, -0.15) is 0 Å². The summed E-state index contributed by atoms with van der Waals surface area (Å²) in [6.45, 7) is 8.92. The maximum atomic E-state index is 7.49. The van der Waals surface area contributed by atoms with Crippen molar-refractivity contribution < 1.29 is 0 Å². The Bertz CT molecular complexity index is 531. The molecule has 0 radical (unpaired) electrons. The monoisotopic (exact) mass is 257 g/mol. The standard InChI is InChI=1S/C16H23N3/c1-6-16(4)15(2,3)13-10-8-7-9-12(13)14(18-16)19(5)11-17/h7-11,17H,6H2,1-5H3/t16-/m1/s1. The number of amidine groups is 1. The van der Waals surface area contributed by atoms with Crippen molar-refractivity contribution >= 4 is 12.2 Å². The van der Waals surface area contributed by atoms with Gasteiger partial charge in [-0.05, 0) is 18.9 Å². The van der Waals surface area contributed by atoms with Gasteiger partial charge in [0, 0.05) is 18.0 Å². The van der Waals surface area contributed by atoms with Crippen LogP contribution in [0.2, 0.25) is 0 Å². The van der Waals surface area contributed by atoms with Crippen LogP contribution in [0.15, 0.2) is 29.3 Å². The molecule has 2 rings (SSSR count). The Balaban J connectivity index is 2.72. The average Bonchev–Trinajstić information content (AvgIpc) is 2.42. The topological polar surface area (TPSA) is 39.5 Å². The van der Waals surface area contributed by atoms with E-state index in [-0.39, 0.29) is 11.0 Å². The lowest BCUT2D eigenvalue weighted by molar-refractivity contribution is 0.265. The molecule has 1 aliphatic rings. The molecular weight excluding hydrogens is 234 g/mol. The lowest BCUT2D eigenvalue weighted by Gasteiger charge is -2.46. The first-order chi connectivity index (χ1) is 8.87. The van der Waals surface area contributed by atoms with Crippen molar-refractivity contribution in [3.63, 3.8) is 0 Å². The molecule has 1 aliphatic heterocycles. The van der Waals surface area contributed by atoms with Crippen LogP contribution in [0.3, 0.4) is 0 Å². The average molecular weight is 257 g/mol. The third-order valence-electron chi connectivity index (χ3n) is 4.76. The Morgan fingerprint density at radius 2 is 1.89 bits per heavy atom. The largest absolute Gasteiger partial charge is 0.321 e. The molecule has 0 amide bonds. The van der Waals surface area contributed by atoms with E-state index in [4.69, 9.17) is 10.4 Å². The van der Waals surface area contributed by atoms with Gasteiger partial charge in [0.1, 0.15) is 5.84 Å². The third-order valence-corrected chi connectivity index (χ3v) is 4.76. The van der Waals surface area contributed by atoms with Crippen molar-refractivity contribution in [3.8, 4) is 0 Å². The van der Waals surface area contributed by atoms with Crippen LogP contribution in [0.4, 0.5) is 0 Å². The molecule has 3 nitrogen and oxygen atoms in total. The van der Waals surface area contributed by atoms with Crippen LogP contribution in [0.25, 0.3) is 0 Å². The molecule has 0 spiro atoms. The van der Waals surface area contributed by atoms with Crippen LogP contribution >= 0.6 is 0 Å². The predicted molar refractivity (Wildman–Crippen MR) is 81.2 cm³/mol. The smallest absolute Gasteiger partial charge is 0.136 e. The second-order valence-electron chi connectivity index (χ2n) is 5.97. The van der Waals surface area contributed by atoms with E-state index < -0.39 is 0 Å². The molecule has 3 heteroatoms. The summed E-state index contributed by atoms with van der Waals surface area (Å²) in [5, 5.41) is 7.49. The fourth-order valence-electron chi connectivity index (χ4n) is 2.80. The quantitative estimate of drug-likeness (QED) is 0.640. The fraction of sp³-hybridized carbons (Fsp3) is 0.500. The second-order valence-corrected chi connectivity index (χ2v) is 5.97. The number of rotatable bonds is 2. The summed E-state index contributed by atoms with van der Waals surface area (Å²) >= 11 is 0. The van der Waals surface area contributed by atoms with E-state index in [0.29, 0.717) is 0 Å². The van der Waals surface area contributed by atoms with E-state index in [1.165, 1.54) is 11.9 Å². The van der Waals surface area contributed by atoms with Crippen molar-refractivity contribution in [1.29, 1.82) is 5.41 Å². The van der Waals surface area contributed by atoms with Crippen LogP contribution in [0.1, 0.15) is 45.2 Å². The molecule has 1 aromatic rings. The number of nitrogens with one attached hydrogen (secondary N) is 1. The van der Waals surface area contributed by atoms with E-state index in [2.05, 4.69) is 45.9 Å². The summed E-state index contributed by atoms with van der Waals surface area (Å²) in [6.07, 6.45) is 2.30. The summed E-state index contributed by atoms with van der Waals surface area (Å²) in [4.78, 5) is 6.78. The predicted octanol–water partition coefficient (Wildman–Crippen LogP) is 3.43. The molecule has 0 saturated carbocycles. The van der Waals surface area contributed by atoms with E-state index in [9.17, 15) is 0 Å². The Labute approximate surface area is 115 Å². The molecule has 1 N–H and O–H groups in total. The highest BCUT2D eigenvalue weighted by Crippen LogP contribution is 2.45. The van der Waals surface area contributed by atoms with E-state index in [1.807, 2.05) is 13.1 Å². The van der Waals surface area contributed by atoms with Crippen LogP contribution in [0.5, 0.6) is 0 Å². The molecule has 102 valence electrons. The number of aliphatic imine (C=N–C) groups is 1. The molecule has 0 fully saturated rings. The highest BCUT2D eigenvalue weighted by molar-refractivity contribution is 6.06.